The normalized spacial score (nSPS) is 11.5. The number of hydrogen-bond acceptors (Lipinski definition) is 7. The van der Waals surface area contributed by atoms with Gasteiger partial charge in [-0.05, 0) is 18.2 Å². The number of fused-ring (bicyclic) bond motifs is 1. The van der Waals surface area contributed by atoms with Crippen LogP contribution >= 0.6 is 11.6 Å². The van der Waals surface area contributed by atoms with Gasteiger partial charge in [0.25, 0.3) is 0 Å². The average molecular weight is 451 g/mol. The van der Waals surface area contributed by atoms with Crippen LogP contribution in [-0.2, 0) is 15.7 Å². The van der Waals surface area contributed by atoms with Gasteiger partial charge in [0.15, 0.2) is 17.2 Å². The number of anilines is 2. The van der Waals surface area contributed by atoms with E-state index < -0.39 is 17.8 Å². The maximum atomic E-state index is 13.2. The van der Waals surface area contributed by atoms with Crippen LogP contribution in [0.15, 0.2) is 43.0 Å². The van der Waals surface area contributed by atoms with Crippen LogP contribution in [-0.4, -0.2) is 37.0 Å². The topological polar surface area (TPSA) is 114 Å². The Morgan fingerprint density at radius 2 is 2.10 bits per heavy atom. The van der Waals surface area contributed by atoms with E-state index in [4.69, 9.17) is 11.6 Å². The first-order chi connectivity index (χ1) is 14.8. The second-order valence-corrected chi connectivity index (χ2v) is 6.49. The molecule has 1 aromatic carbocycles. The Balaban J connectivity index is 1.70. The van der Waals surface area contributed by atoms with Crippen molar-refractivity contribution in [3.8, 4) is 11.3 Å². The maximum Gasteiger partial charge on any atom is 0.435 e. The highest BCUT2D eigenvalue weighted by Gasteiger charge is 2.37. The molecule has 0 saturated heterocycles. The second-order valence-electron chi connectivity index (χ2n) is 6.08. The van der Waals surface area contributed by atoms with E-state index in [2.05, 4.69) is 30.2 Å². The van der Waals surface area contributed by atoms with Crippen LogP contribution < -0.4 is 5.32 Å². The minimum Gasteiger partial charge on any atom is -0.392 e. The number of nitrogens with zero attached hydrogens (tertiary/aromatic N) is 4. The number of benzene rings is 1. The molecular weight excluding hydrogens is 441 g/mol. The number of aromatic nitrogens is 5. The number of imidazole rings is 1. The molecule has 0 aliphatic carbocycles. The van der Waals surface area contributed by atoms with Crippen LogP contribution in [0, 0.1) is 0 Å². The molecule has 158 valence electrons. The van der Waals surface area contributed by atoms with Gasteiger partial charge in [-0.25, -0.2) is 14.8 Å². The van der Waals surface area contributed by atoms with E-state index in [-0.39, 0.29) is 39.8 Å². The lowest BCUT2D eigenvalue weighted by atomic mass is 10.2. The third-order valence-electron chi connectivity index (χ3n) is 4.22. The molecule has 0 unspecified atom stereocenters. The van der Waals surface area contributed by atoms with E-state index in [0.717, 1.165) is 6.20 Å². The highest BCUT2D eigenvalue weighted by atomic mass is 35.5. The summed E-state index contributed by atoms with van der Waals surface area (Å²) in [6.07, 6.45) is 0.606. The fraction of sp³-hybridized carbons (Fsp3) is 0.0556. The Morgan fingerprint density at radius 3 is 2.81 bits per heavy atom. The van der Waals surface area contributed by atoms with E-state index in [0.29, 0.717) is 5.69 Å². The summed E-state index contributed by atoms with van der Waals surface area (Å²) in [6.45, 7) is -0.00442. The monoisotopic (exact) mass is 450 g/mol. The molecule has 4 aromatic rings. The van der Waals surface area contributed by atoms with Gasteiger partial charge in [0, 0.05) is 24.3 Å². The molecule has 9 nitrogen and oxygen atoms in total. The third kappa shape index (κ3) is 3.80. The lowest BCUT2D eigenvalue weighted by Crippen LogP contribution is -2.08. The lowest BCUT2D eigenvalue weighted by molar-refractivity contribution is -0.140. The van der Waals surface area contributed by atoms with Crippen molar-refractivity contribution in [3.63, 3.8) is 0 Å². The van der Waals surface area contributed by atoms with Crippen molar-refractivity contribution in [1.82, 2.24) is 24.6 Å². The molecular formula is C18H10ClF3N6O3. The molecule has 2 N–H and O–H groups in total. The number of esters is 1. The summed E-state index contributed by atoms with van der Waals surface area (Å²) in [4.78, 5) is 30.3. The van der Waals surface area contributed by atoms with Crippen molar-refractivity contribution >= 4 is 41.2 Å². The van der Waals surface area contributed by atoms with Gasteiger partial charge >= 0.3 is 18.6 Å². The first kappa shape index (κ1) is 20.3. The Bertz CT molecular complexity index is 1300. The fourth-order valence-corrected chi connectivity index (χ4v) is 3.17. The summed E-state index contributed by atoms with van der Waals surface area (Å²) in [5.74, 6) is -0.685. The van der Waals surface area contributed by atoms with E-state index in [9.17, 15) is 22.8 Å². The lowest BCUT2D eigenvalue weighted by Gasteiger charge is -2.10. The third-order valence-corrected chi connectivity index (χ3v) is 4.53. The molecule has 31 heavy (non-hydrogen) atoms. The van der Waals surface area contributed by atoms with Crippen LogP contribution in [0.3, 0.4) is 0 Å². The Labute approximate surface area is 175 Å². The predicted molar refractivity (Wildman–Crippen MR) is 102 cm³/mol. The molecule has 0 saturated carbocycles. The van der Waals surface area contributed by atoms with Gasteiger partial charge in [0.1, 0.15) is 0 Å². The van der Waals surface area contributed by atoms with Crippen molar-refractivity contribution < 1.29 is 27.5 Å². The van der Waals surface area contributed by atoms with Crippen LogP contribution in [0.25, 0.3) is 16.9 Å². The number of rotatable bonds is 5. The highest BCUT2D eigenvalue weighted by molar-refractivity contribution is 6.34. The molecule has 0 amide bonds. The Kier molecular flexibility index (Phi) is 5.07. The highest BCUT2D eigenvalue weighted by Crippen LogP contribution is 2.36. The SMILES string of the molecule is O=COC(=O)c1ccc(Nc2nccn3c(-c4c[nH]nc4C(F)(F)F)cnc23)cc1Cl. The number of nitrogens with one attached hydrogen (secondary N) is 2. The van der Waals surface area contributed by atoms with Crippen molar-refractivity contribution in [2.24, 2.45) is 0 Å². The number of carbonyl (C=O) groups excluding carboxylic acids is 2. The minimum absolute atomic E-state index is 0.00442. The summed E-state index contributed by atoms with van der Waals surface area (Å²) < 4.78 is 45.3. The molecule has 0 fully saturated rings. The molecule has 4 rings (SSSR count). The van der Waals surface area contributed by atoms with Crippen LogP contribution in [0.5, 0.6) is 0 Å². The first-order valence-corrected chi connectivity index (χ1v) is 8.82. The largest absolute Gasteiger partial charge is 0.435 e. The summed E-state index contributed by atoms with van der Waals surface area (Å²) in [6, 6.07) is 4.23. The molecule has 3 heterocycles. The van der Waals surface area contributed by atoms with Gasteiger partial charge in [-0.3, -0.25) is 14.3 Å². The molecule has 0 spiro atoms. The number of hydrogen-bond donors (Lipinski definition) is 2. The van der Waals surface area contributed by atoms with Crippen molar-refractivity contribution in [3.05, 3.63) is 59.3 Å². The van der Waals surface area contributed by atoms with Gasteiger partial charge in [0.05, 0.1) is 28.0 Å². The van der Waals surface area contributed by atoms with Gasteiger partial charge in [-0.2, -0.15) is 18.3 Å². The smallest absolute Gasteiger partial charge is 0.392 e. The van der Waals surface area contributed by atoms with E-state index in [1.54, 1.807) is 0 Å². The van der Waals surface area contributed by atoms with Crippen molar-refractivity contribution in [2.45, 2.75) is 6.18 Å². The zero-order valence-corrected chi connectivity index (χ0v) is 15.9. The van der Waals surface area contributed by atoms with E-state index >= 15 is 0 Å². The van der Waals surface area contributed by atoms with Gasteiger partial charge in [-0.15, -0.1) is 0 Å². The number of carbonyl (C=O) groups is 2. The second kappa shape index (κ2) is 7.72. The van der Waals surface area contributed by atoms with Gasteiger partial charge in [0.2, 0.25) is 0 Å². The zero-order valence-electron chi connectivity index (χ0n) is 15.1. The van der Waals surface area contributed by atoms with Gasteiger partial charge < -0.3 is 10.1 Å². The summed E-state index contributed by atoms with van der Waals surface area (Å²) >= 11 is 6.06. The molecule has 13 heteroatoms. The van der Waals surface area contributed by atoms with Crippen molar-refractivity contribution in [1.29, 1.82) is 0 Å². The molecule has 0 aliphatic rings. The first-order valence-electron chi connectivity index (χ1n) is 8.44. The number of alkyl halides is 3. The predicted octanol–water partition coefficient (Wildman–Crippen LogP) is 3.85. The fourth-order valence-electron chi connectivity index (χ4n) is 2.91. The van der Waals surface area contributed by atoms with Crippen LogP contribution in [0.2, 0.25) is 5.02 Å². The Hall–Kier alpha value is -3.93. The molecule has 0 radical (unpaired) electrons. The van der Waals surface area contributed by atoms with Crippen LogP contribution in [0.4, 0.5) is 24.7 Å². The van der Waals surface area contributed by atoms with E-state index in [1.807, 2.05) is 0 Å². The molecule has 0 atom stereocenters. The number of H-pyrrole nitrogens is 1. The average Bonchev–Trinajstić information content (AvgIpc) is 3.35. The standard InChI is InChI=1S/C18H10ClF3N6O3/c19-12-5-9(1-2-10(12)17(30)31-8-29)26-15-16-24-7-13(28(16)4-3-23-15)11-6-25-27-14(11)18(20,21)22/h1-8H,(H,23,26)(H,25,27). The number of halogens is 4. The molecule has 3 aromatic heterocycles. The zero-order chi connectivity index (χ0) is 22.2. The summed E-state index contributed by atoms with van der Waals surface area (Å²) in [5, 5.41) is 8.47. The number of ether oxygens (including phenoxy) is 1. The van der Waals surface area contributed by atoms with Crippen molar-refractivity contribution in [2.75, 3.05) is 5.32 Å². The summed E-state index contributed by atoms with van der Waals surface area (Å²) in [5.41, 5.74) is -0.437. The molecule has 0 bridgehead atoms. The van der Waals surface area contributed by atoms with Crippen LogP contribution in [0.1, 0.15) is 16.1 Å². The number of aromatic amines is 1. The minimum atomic E-state index is -4.64. The molecule has 0 aliphatic heterocycles. The maximum absolute atomic E-state index is 13.2. The quantitative estimate of drug-likeness (QED) is 0.269. The van der Waals surface area contributed by atoms with Gasteiger partial charge in [-0.1, -0.05) is 11.6 Å². The Morgan fingerprint density at radius 1 is 1.29 bits per heavy atom. The van der Waals surface area contributed by atoms with E-state index in [1.165, 1.54) is 41.2 Å². The summed E-state index contributed by atoms with van der Waals surface area (Å²) in [7, 11) is 0.